The molecular weight excluding hydrogens is 438 g/mol. The van der Waals surface area contributed by atoms with Gasteiger partial charge in [0.15, 0.2) is 0 Å². The number of nitriles is 1. The van der Waals surface area contributed by atoms with E-state index in [1.54, 1.807) is 30.8 Å². The van der Waals surface area contributed by atoms with E-state index < -0.39 is 6.04 Å². The minimum absolute atomic E-state index is 0.0722. The number of aryl methyl sites for hydroxylation is 1. The number of halogens is 1. The van der Waals surface area contributed by atoms with Crippen molar-refractivity contribution in [1.82, 2.24) is 14.9 Å². The van der Waals surface area contributed by atoms with E-state index in [-0.39, 0.29) is 22.7 Å². The monoisotopic (exact) mass is 463 g/mol. The van der Waals surface area contributed by atoms with Crippen LogP contribution in [0.3, 0.4) is 0 Å². The van der Waals surface area contributed by atoms with Crippen molar-refractivity contribution in [2.75, 3.05) is 5.32 Å². The minimum Gasteiger partial charge on any atom is -0.373 e. The van der Waals surface area contributed by atoms with Gasteiger partial charge in [0.1, 0.15) is 17.3 Å². The molecule has 2 N–H and O–H groups in total. The predicted octanol–water partition coefficient (Wildman–Crippen LogP) is 3.91. The molecule has 2 heterocycles. The van der Waals surface area contributed by atoms with Crippen LogP contribution in [0.5, 0.6) is 0 Å². The molecule has 0 spiro atoms. The third-order valence-electron chi connectivity index (χ3n) is 6.28. The molecule has 0 bridgehead atoms. The molecule has 7 nitrogen and oxygen atoms in total. The Labute approximate surface area is 197 Å². The number of carbonyl (C=O) groups excluding carboxylic acids is 1. The topological polar surface area (TPSA) is 99.8 Å². The second kappa shape index (κ2) is 9.63. The minimum atomic E-state index is -0.492. The van der Waals surface area contributed by atoms with Crippen LogP contribution in [0.4, 0.5) is 5.69 Å². The van der Waals surface area contributed by atoms with Gasteiger partial charge >= 0.3 is 0 Å². The van der Waals surface area contributed by atoms with Crippen molar-refractivity contribution < 1.29 is 4.79 Å². The molecule has 0 saturated heterocycles. The Bertz CT molecular complexity index is 1300. The lowest BCUT2D eigenvalue weighted by molar-refractivity contribution is -0.122. The molecule has 8 heteroatoms. The van der Waals surface area contributed by atoms with E-state index in [0.717, 1.165) is 47.7 Å². The number of benzene rings is 1. The lowest BCUT2D eigenvalue weighted by atomic mass is 10.00. The van der Waals surface area contributed by atoms with Gasteiger partial charge in [-0.2, -0.15) is 5.26 Å². The maximum Gasteiger partial charge on any atom is 0.252 e. The number of rotatable bonds is 6. The lowest BCUT2D eigenvalue weighted by Crippen LogP contribution is -2.42. The van der Waals surface area contributed by atoms with E-state index in [4.69, 9.17) is 11.6 Å². The predicted molar refractivity (Wildman–Crippen MR) is 129 cm³/mol. The van der Waals surface area contributed by atoms with Gasteiger partial charge in [0.2, 0.25) is 5.91 Å². The Hall–Kier alpha value is -3.37. The second-order valence-corrected chi connectivity index (χ2v) is 8.95. The van der Waals surface area contributed by atoms with Gasteiger partial charge in [-0.25, -0.2) is 4.98 Å². The Balaban J connectivity index is 1.66. The highest BCUT2D eigenvalue weighted by molar-refractivity contribution is 6.30. The van der Waals surface area contributed by atoms with Gasteiger partial charge in [-0.15, -0.1) is 0 Å². The molecule has 0 aliphatic heterocycles. The van der Waals surface area contributed by atoms with Gasteiger partial charge in [0.05, 0.1) is 11.1 Å². The van der Waals surface area contributed by atoms with E-state index in [2.05, 4.69) is 21.7 Å². The van der Waals surface area contributed by atoms with Crippen LogP contribution in [0, 0.1) is 11.3 Å². The molecule has 0 radical (unpaired) electrons. The van der Waals surface area contributed by atoms with Gasteiger partial charge in [-0.1, -0.05) is 30.5 Å². The summed E-state index contributed by atoms with van der Waals surface area (Å²) in [5.41, 5.74) is 3.29. The number of amides is 1. The van der Waals surface area contributed by atoms with Crippen LogP contribution >= 0.6 is 11.6 Å². The first-order valence-electron chi connectivity index (χ1n) is 11.1. The number of hydrogen-bond donors (Lipinski definition) is 2. The van der Waals surface area contributed by atoms with Gasteiger partial charge in [-0.3, -0.25) is 9.59 Å². The zero-order valence-electron chi connectivity index (χ0n) is 18.7. The van der Waals surface area contributed by atoms with Gasteiger partial charge in [0.25, 0.3) is 5.56 Å². The molecule has 0 unspecified atom stereocenters. The summed E-state index contributed by atoms with van der Waals surface area (Å²) >= 11 is 6.08. The van der Waals surface area contributed by atoms with Crippen LogP contribution in [0.25, 0.3) is 10.9 Å². The largest absolute Gasteiger partial charge is 0.373 e. The van der Waals surface area contributed by atoms with Crippen molar-refractivity contribution in [3.63, 3.8) is 0 Å². The van der Waals surface area contributed by atoms with Crippen molar-refractivity contribution in [1.29, 1.82) is 5.26 Å². The smallest absolute Gasteiger partial charge is 0.252 e. The molecule has 1 aromatic carbocycles. The van der Waals surface area contributed by atoms with Gasteiger partial charge in [0, 0.05) is 36.4 Å². The van der Waals surface area contributed by atoms with E-state index in [9.17, 15) is 14.9 Å². The first kappa shape index (κ1) is 22.8. The SMILES string of the molecule is C[C@@H](Nc1cc(=O)n(C)c2ccc(Cc3ccnc(Cl)c3C#N)cc12)C(=O)NC1CCCC1. The summed E-state index contributed by atoms with van der Waals surface area (Å²) in [6.45, 7) is 1.80. The number of hydrogen-bond acceptors (Lipinski definition) is 5. The van der Waals surface area contributed by atoms with Crippen LogP contribution in [0.15, 0.2) is 41.3 Å². The number of fused-ring (bicyclic) bond motifs is 1. The fraction of sp³-hybridized carbons (Fsp3) is 0.360. The Morgan fingerprint density at radius 3 is 2.79 bits per heavy atom. The first-order chi connectivity index (χ1) is 15.9. The summed E-state index contributed by atoms with van der Waals surface area (Å²) in [6.07, 6.45) is 6.39. The summed E-state index contributed by atoms with van der Waals surface area (Å²) in [5, 5.41) is 16.8. The molecule has 1 saturated carbocycles. The molecule has 1 aliphatic carbocycles. The molecule has 1 atom stereocenters. The van der Waals surface area contributed by atoms with E-state index in [1.807, 2.05) is 18.2 Å². The van der Waals surface area contributed by atoms with Crippen molar-refractivity contribution in [2.45, 2.75) is 51.1 Å². The lowest BCUT2D eigenvalue weighted by Gasteiger charge is -2.20. The van der Waals surface area contributed by atoms with E-state index in [1.165, 1.54) is 6.07 Å². The number of aromatic nitrogens is 2. The zero-order valence-corrected chi connectivity index (χ0v) is 19.4. The fourth-order valence-electron chi connectivity index (χ4n) is 4.39. The summed E-state index contributed by atoms with van der Waals surface area (Å²) in [5.74, 6) is -0.0722. The maximum atomic E-state index is 12.7. The molecule has 1 fully saturated rings. The molecule has 2 aromatic heterocycles. The fourth-order valence-corrected chi connectivity index (χ4v) is 4.61. The normalized spacial score (nSPS) is 14.7. The van der Waals surface area contributed by atoms with Crippen LogP contribution in [0.2, 0.25) is 5.15 Å². The average molecular weight is 464 g/mol. The van der Waals surface area contributed by atoms with Gasteiger partial charge < -0.3 is 15.2 Å². The number of carbonyl (C=O) groups is 1. The van der Waals surface area contributed by atoms with Crippen molar-refractivity contribution in [3.8, 4) is 6.07 Å². The highest BCUT2D eigenvalue weighted by Crippen LogP contribution is 2.26. The Morgan fingerprint density at radius 1 is 1.30 bits per heavy atom. The standard InChI is InChI=1S/C25H26ClN5O2/c1-15(25(33)30-18-5-3-4-6-18)29-21-13-23(32)31(2)22-8-7-16(12-19(21)22)11-17-9-10-28-24(26)20(17)14-27/h7-10,12-13,15,18,29H,3-6,11H2,1-2H3,(H,30,33)/t15-/m1/s1. The molecule has 33 heavy (non-hydrogen) atoms. The summed E-state index contributed by atoms with van der Waals surface area (Å²) in [7, 11) is 1.72. The van der Waals surface area contributed by atoms with Crippen molar-refractivity contribution >= 4 is 34.1 Å². The number of anilines is 1. The first-order valence-corrected chi connectivity index (χ1v) is 11.5. The summed E-state index contributed by atoms with van der Waals surface area (Å²) < 4.78 is 1.58. The van der Waals surface area contributed by atoms with Crippen LogP contribution in [-0.4, -0.2) is 27.5 Å². The Morgan fingerprint density at radius 2 is 2.06 bits per heavy atom. The number of nitrogens with one attached hydrogen (secondary N) is 2. The van der Waals surface area contributed by atoms with Crippen LogP contribution < -0.4 is 16.2 Å². The molecule has 3 aromatic rings. The van der Waals surface area contributed by atoms with Crippen molar-refractivity contribution in [2.24, 2.45) is 7.05 Å². The molecule has 170 valence electrons. The third kappa shape index (κ3) is 4.86. The molecular formula is C25H26ClN5O2. The quantitative estimate of drug-likeness (QED) is 0.540. The van der Waals surface area contributed by atoms with E-state index >= 15 is 0 Å². The van der Waals surface area contributed by atoms with Crippen LogP contribution in [-0.2, 0) is 18.3 Å². The van der Waals surface area contributed by atoms with E-state index in [0.29, 0.717) is 17.7 Å². The zero-order chi connectivity index (χ0) is 23.5. The third-order valence-corrected chi connectivity index (χ3v) is 6.56. The number of nitrogens with zero attached hydrogens (tertiary/aromatic N) is 3. The highest BCUT2D eigenvalue weighted by Gasteiger charge is 2.21. The van der Waals surface area contributed by atoms with Gasteiger partial charge in [-0.05, 0) is 55.5 Å². The van der Waals surface area contributed by atoms with Crippen molar-refractivity contribution in [3.05, 3.63) is 68.7 Å². The molecule has 1 aliphatic rings. The highest BCUT2D eigenvalue weighted by atomic mass is 35.5. The second-order valence-electron chi connectivity index (χ2n) is 8.59. The van der Waals surface area contributed by atoms with Crippen LogP contribution in [0.1, 0.15) is 49.3 Å². The number of pyridine rings is 2. The molecule has 4 rings (SSSR count). The average Bonchev–Trinajstić information content (AvgIpc) is 3.30. The summed E-state index contributed by atoms with van der Waals surface area (Å²) in [6, 6.07) is 11.0. The Kier molecular flexibility index (Phi) is 6.66. The maximum absolute atomic E-state index is 12.7. The molecule has 1 amide bonds. The summed E-state index contributed by atoms with van der Waals surface area (Å²) in [4.78, 5) is 29.2.